The second kappa shape index (κ2) is 6.86. The third kappa shape index (κ3) is 3.87. The van der Waals surface area contributed by atoms with Crippen LogP contribution in [0.1, 0.15) is 15.9 Å². The topological polar surface area (TPSA) is 46.5 Å². The third-order valence-corrected chi connectivity index (χ3v) is 1.41. The first-order valence-corrected chi connectivity index (χ1v) is 4.02. The fraction of sp³-hybridized carbons (Fsp3) is 0.182. The van der Waals surface area contributed by atoms with Crippen molar-refractivity contribution >= 4 is 12.0 Å². The van der Waals surface area contributed by atoms with Crippen LogP contribution in [0.3, 0.4) is 0 Å². The van der Waals surface area contributed by atoms with Crippen molar-refractivity contribution in [3.8, 4) is 0 Å². The van der Waals surface area contributed by atoms with Crippen LogP contribution in [0.25, 0.3) is 6.08 Å². The highest BCUT2D eigenvalue weighted by Gasteiger charge is 2.04. The molecular weight excluding hydrogens is 180 g/mol. The van der Waals surface area contributed by atoms with Gasteiger partial charge in [0, 0.05) is 14.2 Å². The van der Waals surface area contributed by atoms with E-state index in [-0.39, 0.29) is 0 Å². The third-order valence-electron chi connectivity index (χ3n) is 1.41. The Morgan fingerprint density at radius 2 is 1.93 bits per heavy atom. The minimum absolute atomic E-state index is 0.294. The number of carbonyl (C=O) groups is 1. The van der Waals surface area contributed by atoms with Crippen molar-refractivity contribution in [3.05, 3.63) is 42.0 Å². The summed E-state index contributed by atoms with van der Waals surface area (Å²) >= 11 is 0. The van der Waals surface area contributed by atoms with E-state index in [1.54, 1.807) is 38.5 Å². The van der Waals surface area contributed by atoms with Crippen LogP contribution in [0, 0.1) is 0 Å². The number of carboxylic acids is 1. The van der Waals surface area contributed by atoms with Crippen molar-refractivity contribution in [2.24, 2.45) is 0 Å². The van der Waals surface area contributed by atoms with Gasteiger partial charge in [-0.05, 0) is 11.6 Å². The Bertz CT molecular complexity index is 305. The Labute approximate surface area is 83.6 Å². The summed E-state index contributed by atoms with van der Waals surface area (Å²) in [4.78, 5) is 10.5. The van der Waals surface area contributed by atoms with Gasteiger partial charge in [0.15, 0.2) is 0 Å². The fourth-order valence-corrected chi connectivity index (χ4v) is 0.870. The minimum Gasteiger partial charge on any atom is -0.478 e. The van der Waals surface area contributed by atoms with E-state index in [0.29, 0.717) is 11.1 Å². The lowest BCUT2D eigenvalue weighted by molar-refractivity contribution is 0.0696. The molecule has 0 spiro atoms. The molecule has 3 heteroatoms. The second-order valence-electron chi connectivity index (χ2n) is 2.50. The highest BCUT2D eigenvalue weighted by atomic mass is 16.4. The summed E-state index contributed by atoms with van der Waals surface area (Å²) in [6, 6.07) is 6.75. The smallest absolute Gasteiger partial charge is 0.336 e. The molecule has 0 aromatic heterocycles. The highest BCUT2D eigenvalue weighted by molar-refractivity contribution is 5.91. The molecule has 0 radical (unpaired) electrons. The van der Waals surface area contributed by atoms with Gasteiger partial charge in [0.2, 0.25) is 0 Å². The van der Waals surface area contributed by atoms with E-state index in [1.165, 1.54) is 6.08 Å². The number of methoxy groups -OCH3 is 1. The van der Waals surface area contributed by atoms with Crippen LogP contribution in [0.4, 0.5) is 0 Å². The second-order valence-corrected chi connectivity index (χ2v) is 2.50. The van der Waals surface area contributed by atoms with E-state index in [9.17, 15) is 4.79 Å². The fourth-order valence-electron chi connectivity index (χ4n) is 0.870. The first-order valence-electron chi connectivity index (χ1n) is 4.02. The molecule has 0 aliphatic heterocycles. The lowest BCUT2D eigenvalue weighted by Gasteiger charge is -1.97. The lowest BCUT2D eigenvalue weighted by atomic mass is 10.1. The molecular formula is C11H14O3. The van der Waals surface area contributed by atoms with E-state index in [0.717, 1.165) is 0 Å². The number of carboxylic acid groups (broad SMARTS) is 1. The quantitative estimate of drug-likeness (QED) is 0.785. The number of aromatic carboxylic acids is 1. The molecule has 1 aromatic rings. The van der Waals surface area contributed by atoms with Gasteiger partial charge in [0.1, 0.15) is 0 Å². The normalized spacial score (nSPS) is 8.43. The molecule has 1 aromatic carbocycles. The van der Waals surface area contributed by atoms with Crippen LogP contribution in [-0.4, -0.2) is 25.3 Å². The largest absolute Gasteiger partial charge is 0.478 e. The maximum atomic E-state index is 10.5. The molecule has 0 bridgehead atoms. The molecule has 3 nitrogen and oxygen atoms in total. The molecule has 0 saturated heterocycles. The zero-order valence-electron chi connectivity index (χ0n) is 8.36. The van der Waals surface area contributed by atoms with Crippen molar-refractivity contribution in [1.29, 1.82) is 0 Å². The summed E-state index contributed by atoms with van der Waals surface area (Å²) in [5.74, 6) is -0.916. The van der Waals surface area contributed by atoms with Gasteiger partial charge in [-0.2, -0.15) is 0 Å². The average Bonchev–Trinajstić information content (AvgIpc) is 2.19. The predicted octanol–water partition coefficient (Wildman–Crippen LogP) is 2.29. The Morgan fingerprint density at radius 3 is 2.29 bits per heavy atom. The number of benzene rings is 1. The number of ether oxygens (including phenoxy) is 1. The van der Waals surface area contributed by atoms with Crippen LogP contribution in [0.5, 0.6) is 0 Å². The average molecular weight is 194 g/mol. The Morgan fingerprint density at radius 1 is 1.43 bits per heavy atom. The van der Waals surface area contributed by atoms with Gasteiger partial charge in [-0.1, -0.05) is 30.9 Å². The van der Waals surface area contributed by atoms with E-state index in [2.05, 4.69) is 11.3 Å². The van der Waals surface area contributed by atoms with Crippen LogP contribution in [0.2, 0.25) is 0 Å². The predicted molar refractivity (Wildman–Crippen MR) is 56.4 cm³/mol. The lowest BCUT2D eigenvalue weighted by Crippen LogP contribution is -1.98. The van der Waals surface area contributed by atoms with E-state index in [4.69, 9.17) is 5.11 Å². The van der Waals surface area contributed by atoms with Crippen molar-refractivity contribution in [2.45, 2.75) is 0 Å². The summed E-state index contributed by atoms with van der Waals surface area (Å²) in [6.45, 7) is 3.51. The van der Waals surface area contributed by atoms with Crippen molar-refractivity contribution in [1.82, 2.24) is 0 Å². The minimum atomic E-state index is -0.916. The van der Waals surface area contributed by atoms with Gasteiger partial charge < -0.3 is 9.84 Å². The molecule has 0 aliphatic rings. The van der Waals surface area contributed by atoms with Gasteiger partial charge in [-0.15, -0.1) is 0 Å². The Balaban J connectivity index is 0.000000500. The molecule has 1 rings (SSSR count). The molecule has 1 N–H and O–H groups in total. The molecule has 0 aliphatic carbocycles. The van der Waals surface area contributed by atoms with Crippen molar-refractivity contribution in [3.63, 3.8) is 0 Å². The summed E-state index contributed by atoms with van der Waals surface area (Å²) < 4.78 is 4.25. The molecule has 0 fully saturated rings. The van der Waals surface area contributed by atoms with Crippen LogP contribution < -0.4 is 0 Å². The molecule has 0 heterocycles. The molecule has 0 atom stereocenters. The zero-order valence-corrected chi connectivity index (χ0v) is 8.36. The van der Waals surface area contributed by atoms with Crippen molar-refractivity contribution in [2.75, 3.05) is 14.2 Å². The van der Waals surface area contributed by atoms with Crippen LogP contribution in [-0.2, 0) is 4.74 Å². The van der Waals surface area contributed by atoms with Crippen molar-refractivity contribution < 1.29 is 14.6 Å². The summed E-state index contributed by atoms with van der Waals surface area (Å²) in [5.41, 5.74) is 0.947. The molecule has 76 valence electrons. The van der Waals surface area contributed by atoms with Gasteiger partial charge >= 0.3 is 5.97 Å². The maximum Gasteiger partial charge on any atom is 0.336 e. The van der Waals surface area contributed by atoms with Gasteiger partial charge in [-0.25, -0.2) is 4.79 Å². The monoisotopic (exact) mass is 194 g/mol. The molecule has 0 amide bonds. The first kappa shape index (κ1) is 12.4. The molecule has 0 saturated carbocycles. The van der Waals surface area contributed by atoms with Gasteiger partial charge in [-0.3, -0.25) is 0 Å². The Kier molecular flexibility index (Phi) is 6.07. The highest BCUT2D eigenvalue weighted by Crippen LogP contribution is 2.08. The maximum absolute atomic E-state index is 10.5. The van der Waals surface area contributed by atoms with E-state index < -0.39 is 5.97 Å². The molecule has 14 heavy (non-hydrogen) atoms. The van der Waals surface area contributed by atoms with Gasteiger partial charge in [0.05, 0.1) is 5.56 Å². The first-order chi connectivity index (χ1) is 6.67. The summed E-state index contributed by atoms with van der Waals surface area (Å²) in [6.07, 6.45) is 1.53. The van der Waals surface area contributed by atoms with E-state index in [1.807, 2.05) is 0 Å². The standard InChI is InChI=1S/C9H8O2.C2H6O/c1-2-7-5-3-4-6-8(7)9(10)11;1-3-2/h2-6H,1H2,(H,10,11);1-2H3. The number of hydrogen-bond acceptors (Lipinski definition) is 2. The Hall–Kier alpha value is -1.61. The summed E-state index contributed by atoms with van der Waals surface area (Å²) in [5, 5.41) is 8.65. The number of hydrogen-bond donors (Lipinski definition) is 1. The van der Waals surface area contributed by atoms with Gasteiger partial charge in [0.25, 0.3) is 0 Å². The summed E-state index contributed by atoms with van der Waals surface area (Å²) in [7, 11) is 3.25. The SMILES string of the molecule is C=Cc1ccccc1C(=O)O.COC. The molecule has 0 unspecified atom stereocenters. The van der Waals surface area contributed by atoms with Crippen LogP contribution >= 0.6 is 0 Å². The van der Waals surface area contributed by atoms with E-state index >= 15 is 0 Å². The number of rotatable bonds is 2. The zero-order chi connectivity index (χ0) is 11.0. The van der Waals surface area contributed by atoms with Crippen LogP contribution in [0.15, 0.2) is 30.8 Å².